The lowest BCUT2D eigenvalue weighted by atomic mass is 9.65. The average Bonchev–Trinajstić information content (AvgIpc) is 2.48. The molecule has 0 bridgehead atoms. The number of carbonyl (C=O) groups excluding carboxylic acids is 1. The molecule has 1 fully saturated rings. The summed E-state index contributed by atoms with van der Waals surface area (Å²) in [5.74, 6) is -0.0750. The first kappa shape index (κ1) is 19.0. The molecule has 0 saturated heterocycles. The highest BCUT2D eigenvalue weighted by atomic mass is 35.5. The van der Waals surface area contributed by atoms with E-state index in [4.69, 9.17) is 4.74 Å². The van der Waals surface area contributed by atoms with Crippen LogP contribution in [0.5, 0.6) is 0 Å². The summed E-state index contributed by atoms with van der Waals surface area (Å²) in [6, 6.07) is 10.7. The summed E-state index contributed by atoms with van der Waals surface area (Å²) in [6.45, 7) is 6.58. The Hall–Kier alpha value is -1.06. The van der Waals surface area contributed by atoms with Crippen LogP contribution in [0, 0.1) is 0 Å². The van der Waals surface area contributed by atoms with Crippen molar-refractivity contribution in [3.8, 4) is 0 Å². The SMILES string of the molecule is CCOC(=O)C1(c2ccccc2)CCCCC1NC(C)C.Cl. The van der Waals surface area contributed by atoms with Gasteiger partial charge in [-0.3, -0.25) is 4.79 Å². The van der Waals surface area contributed by atoms with Crippen molar-refractivity contribution in [3.63, 3.8) is 0 Å². The molecule has 1 aliphatic rings. The second-order valence-electron chi connectivity index (χ2n) is 6.18. The molecule has 1 aromatic carbocycles. The molecule has 0 heterocycles. The van der Waals surface area contributed by atoms with E-state index < -0.39 is 5.41 Å². The summed E-state index contributed by atoms with van der Waals surface area (Å²) in [7, 11) is 0. The fourth-order valence-corrected chi connectivity index (χ4v) is 3.50. The van der Waals surface area contributed by atoms with Crippen molar-refractivity contribution in [2.24, 2.45) is 0 Å². The van der Waals surface area contributed by atoms with Crippen LogP contribution in [0.1, 0.15) is 52.0 Å². The maximum Gasteiger partial charge on any atom is 0.318 e. The average molecular weight is 326 g/mol. The van der Waals surface area contributed by atoms with Gasteiger partial charge in [0.05, 0.1) is 6.61 Å². The fourth-order valence-electron chi connectivity index (χ4n) is 3.50. The molecule has 0 amide bonds. The third-order valence-corrected chi connectivity index (χ3v) is 4.37. The summed E-state index contributed by atoms with van der Waals surface area (Å²) < 4.78 is 5.47. The van der Waals surface area contributed by atoms with Gasteiger partial charge in [0.25, 0.3) is 0 Å². The largest absolute Gasteiger partial charge is 0.465 e. The number of nitrogens with one attached hydrogen (secondary N) is 1. The zero-order chi connectivity index (χ0) is 15.3. The second kappa shape index (κ2) is 8.54. The zero-order valence-corrected chi connectivity index (χ0v) is 14.6. The number of benzene rings is 1. The standard InChI is InChI=1S/C18H27NO2.ClH/c1-4-21-17(20)18(15-10-6-5-7-11-15)13-9-8-12-16(18)19-14(2)3;/h5-7,10-11,14,16,19H,4,8-9,12-13H2,1-3H3;1H. The molecule has 0 spiro atoms. The van der Waals surface area contributed by atoms with Crippen molar-refractivity contribution >= 4 is 18.4 Å². The van der Waals surface area contributed by atoms with Crippen LogP contribution in [0.3, 0.4) is 0 Å². The highest BCUT2D eigenvalue weighted by molar-refractivity contribution is 5.85. The predicted octanol–water partition coefficient (Wildman–Crippen LogP) is 3.85. The molecule has 1 saturated carbocycles. The Bertz CT molecular complexity index is 463. The Morgan fingerprint density at radius 1 is 1.32 bits per heavy atom. The summed E-state index contributed by atoms with van der Waals surface area (Å²) >= 11 is 0. The molecule has 4 heteroatoms. The number of esters is 1. The van der Waals surface area contributed by atoms with Crippen molar-refractivity contribution in [1.29, 1.82) is 0 Å². The molecule has 0 radical (unpaired) electrons. The second-order valence-corrected chi connectivity index (χ2v) is 6.18. The molecule has 0 aliphatic heterocycles. The molecule has 2 unspecified atom stereocenters. The van der Waals surface area contributed by atoms with Crippen molar-refractivity contribution in [3.05, 3.63) is 35.9 Å². The number of carbonyl (C=O) groups is 1. The van der Waals surface area contributed by atoms with E-state index in [0.29, 0.717) is 12.6 Å². The van der Waals surface area contributed by atoms with Gasteiger partial charge in [-0.1, -0.05) is 57.0 Å². The van der Waals surface area contributed by atoms with E-state index in [1.54, 1.807) is 0 Å². The van der Waals surface area contributed by atoms with Crippen molar-refractivity contribution in [2.75, 3.05) is 6.61 Å². The number of ether oxygens (including phenoxy) is 1. The topological polar surface area (TPSA) is 38.3 Å². The van der Waals surface area contributed by atoms with E-state index in [-0.39, 0.29) is 24.4 Å². The fraction of sp³-hybridized carbons (Fsp3) is 0.611. The van der Waals surface area contributed by atoms with E-state index in [1.807, 2.05) is 25.1 Å². The molecule has 3 nitrogen and oxygen atoms in total. The maximum atomic E-state index is 12.9. The van der Waals surface area contributed by atoms with Crippen LogP contribution in [0.4, 0.5) is 0 Å². The molecule has 124 valence electrons. The van der Waals surface area contributed by atoms with E-state index in [2.05, 4.69) is 31.3 Å². The molecule has 22 heavy (non-hydrogen) atoms. The van der Waals surface area contributed by atoms with Crippen molar-refractivity contribution < 1.29 is 9.53 Å². The van der Waals surface area contributed by atoms with Crippen LogP contribution in [0.15, 0.2) is 30.3 Å². The number of hydrogen-bond donors (Lipinski definition) is 1. The van der Waals surface area contributed by atoms with Crippen LogP contribution in [0.25, 0.3) is 0 Å². The van der Waals surface area contributed by atoms with E-state index in [9.17, 15) is 4.79 Å². The summed E-state index contributed by atoms with van der Waals surface area (Å²) in [6.07, 6.45) is 4.12. The van der Waals surface area contributed by atoms with Crippen molar-refractivity contribution in [2.45, 2.75) is 64.0 Å². The zero-order valence-electron chi connectivity index (χ0n) is 13.8. The normalized spacial score (nSPS) is 24.6. The lowest BCUT2D eigenvalue weighted by molar-refractivity contribution is -0.153. The molecule has 1 aromatic rings. The molecular formula is C18H28ClNO2. The van der Waals surface area contributed by atoms with Gasteiger partial charge < -0.3 is 10.1 Å². The molecule has 1 N–H and O–H groups in total. The minimum absolute atomic E-state index is 0. The Balaban J connectivity index is 0.00000242. The first-order chi connectivity index (χ1) is 10.1. The minimum Gasteiger partial charge on any atom is -0.465 e. The van der Waals surface area contributed by atoms with Gasteiger partial charge in [-0.05, 0) is 25.3 Å². The summed E-state index contributed by atoms with van der Waals surface area (Å²) in [5.41, 5.74) is 0.543. The van der Waals surface area contributed by atoms with Crippen LogP contribution < -0.4 is 5.32 Å². The number of hydrogen-bond acceptors (Lipinski definition) is 3. The van der Waals surface area contributed by atoms with Gasteiger partial charge >= 0.3 is 5.97 Å². The van der Waals surface area contributed by atoms with Crippen LogP contribution in [-0.4, -0.2) is 24.7 Å². The van der Waals surface area contributed by atoms with Gasteiger partial charge in [-0.25, -0.2) is 0 Å². The highest BCUT2D eigenvalue weighted by Gasteiger charge is 2.49. The molecular weight excluding hydrogens is 298 g/mol. The molecule has 0 aromatic heterocycles. The quantitative estimate of drug-likeness (QED) is 0.836. The third-order valence-electron chi connectivity index (χ3n) is 4.37. The van der Waals surface area contributed by atoms with E-state index >= 15 is 0 Å². The Kier molecular flexibility index (Phi) is 7.37. The number of rotatable bonds is 5. The maximum absolute atomic E-state index is 12.9. The van der Waals surface area contributed by atoms with Crippen LogP contribution in [0.2, 0.25) is 0 Å². The van der Waals surface area contributed by atoms with Gasteiger partial charge in [0.1, 0.15) is 5.41 Å². The van der Waals surface area contributed by atoms with Crippen LogP contribution in [-0.2, 0) is 14.9 Å². The first-order valence-electron chi connectivity index (χ1n) is 8.10. The van der Waals surface area contributed by atoms with Gasteiger partial charge in [0.2, 0.25) is 0 Å². The lowest BCUT2D eigenvalue weighted by Crippen LogP contribution is -2.57. The Morgan fingerprint density at radius 2 is 2.00 bits per heavy atom. The Morgan fingerprint density at radius 3 is 2.59 bits per heavy atom. The molecule has 2 rings (SSSR count). The summed E-state index contributed by atoms with van der Waals surface area (Å²) in [4.78, 5) is 12.9. The van der Waals surface area contributed by atoms with Gasteiger partial charge in [-0.15, -0.1) is 12.4 Å². The van der Waals surface area contributed by atoms with E-state index in [0.717, 1.165) is 24.8 Å². The smallest absolute Gasteiger partial charge is 0.318 e. The lowest BCUT2D eigenvalue weighted by Gasteiger charge is -2.43. The molecule has 1 aliphatic carbocycles. The van der Waals surface area contributed by atoms with Gasteiger partial charge in [0, 0.05) is 12.1 Å². The van der Waals surface area contributed by atoms with Gasteiger partial charge in [0.15, 0.2) is 0 Å². The van der Waals surface area contributed by atoms with Gasteiger partial charge in [-0.2, -0.15) is 0 Å². The highest BCUT2D eigenvalue weighted by Crippen LogP contribution is 2.41. The molecule has 2 atom stereocenters. The Labute approximate surface area is 140 Å². The van der Waals surface area contributed by atoms with Crippen LogP contribution >= 0.6 is 12.4 Å². The third kappa shape index (κ3) is 3.82. The van der Waals surface area contributed by atoms with Crippen molar-refractivity contribution in [1.82, 2.24) is 5.32 Å². The monoisotopic (exact) mass is 325 g/mol. The minimum atomic E-state index is -0.542. The number of halogens is 1. The summed E-state index contributed by atoms with van der Waals surface area (Å²) in [5, 5.41) is 3.61. The first-order valence-corrected chi connectivity index (χ1v) is 8.10. The predicted molar refractivity (Wildman–Crippen MR) is 92.5 cm³/mol. The van der Waals surface area contributed by atoms with E-state index in [1.165, 1.54) is 6.42 Å².